The molecule has 1 atom stereocenters. The Bertz CT molecular complexity index is 867. The molecule has 1 fully saturated rings. The smallest absolute Gasteiger partial charge is 0.319 e. The lowest BCUT2D eigenvalue weighted by molar-refractivity contribution is -0.134. The van der Waals surface area contributed by atoms with Crippen molar-refractivity contribution in [3.8, 4) is 0 Å². The van der Waals surface area contributed by atoms with Crippen LogP contribution >= 0.6 is 0 Å². The van der Waals surface area contributed by atoms with E-state index in [1.54, 1.807) is 4.90 Å². The molecule has 1 saturated heterocycles. The molecule has 1 N–H and O–H groups in total. The Morgan fingerprint density at radius 3 is 2.14 bits per heavy atom. The lowest BCUT2D eigenvalue weighted by Crippen LogP contribution is -2.47. The number of rotatable bonds is 6. The average molecular weight is 379 g/mol. The summed E-state index contributed by atoms with van der Waals surface area (Å²) in [6, 6.07) is 17.7. The van der Waals surface area contributed by atoms with Crippen LogP contribution in [0.2, 0.25) is 0 Å². The third kappa shape index (κ3) is 3.38. The molecule has 6 heteroatoms. The molecule has 2 aromatic carbocycles. The second-order valence-corrected chi connectivity index (χ2v) is 7.14. The van der Waals surface area contributed by atoms with Gasteiger partial charge in [-0.2, -0.15) is 0 Å². The first-order chi connectivity index (χ1) is 13.4. The van der Waals surface area contributed by atoms with Gasteiger partial charge < -0.3 is 10.2 Å². The fourth-order valence-corrected chi connectivity index (χ4v) is 3.66. The van der Waals surface area contributed by atoms with Crippen LogP contribution in [0.25, 0.3) is 0 Å². The Balaban J connectivity index is 1.87. The zero-order valence-electron chi connectivity index (χ0n) is 16.4. The molecule has 6 nitrogen and oxygen atoms in total. The van der Waals surface area contributed by atoms with E-state index in [9.17, 15) is 14.4 Å². The monoisotopic (exact) mass is 379 g/mol. The Kier molecular flexibility index (Phi) is 5.49. The molecule has 3 rings (SSSR count). The fraction of sp³-hybridized carbons (Fsp3) is 0.318. The minimum absolute atomic E-state index is 0.110. The van der Waals surface area contributed by atoms with Gasteiger partial charge >= 0.3 is 6.03 Å². The average Bonchev–Trinajstić information content (AvgIpc) is 2.94. The molecule has 146 valence electrons. The highest BCUT2D eigenvalue weighted by Crippen LogP contribution is 2.32. The predicted octanol–water partition coefficient (Wildman–Crippen LogP) is 3.29. The first-order valence-electron chi connectivity index (χ1n) is 9.47. The van der Waals surface area contributed by atoms with Gasteiger partial charge in [0.1, 0.15) is 12.1 Å². The summed E-state index contributed by atoms with van der Waals surface area (Å²) in [6.45, 7) is 5.35. The zero-order valence-corrected chi connectivity index (χ0v) is 16.4. The van der Waals surface area contributed by atoms with Crippen LogP contribution < -0.4 is 10.2 Å². The minimum Gasteiger partial charge on any atom is -0.319 e. The van der Waals surface area contributed by atoms with E-state index in [-0.39, 0.29) is 18.5 Å². The van der Waals surface area contributed by atoms with Crippen molar-refractivity contribution in [3.63, 3.8) is 0 Å². The highest BCUT2D eigenvalue weighted by Gasteiger charge is 2.51. The van der Waals surface area contributed by atoms with E-state index in [4.69, 9.17) is 0 Å². The van der Waals surface area contributed by atoms with Crippen LogP contribution in [0.4, 0.5) is 10.5 Å². The standard InChI is InChI=1S/C22H25N3O3/c1-4-22(17-11-7-5-8-12-17)20(27)24(21(28)23-22)15-19(26)25(16(2)3)18-13-9-6-10-14-18/h5-14,16H,4,15H2,1-3H3,(H,23,28). The molecule has 0 aliphatic carbocycles. The SMILES string of the molecule is CCC1(c2ccccc2)NC(=O)N(CC(=O)N(c2ccccc2)C(C)C)C1=O. The van der Waals surface area contributed by atoms with Gasteiger partial charge in [0, 0.05) is 11.7 Å². The summed E-state index contributed by atoms with van der Waals surface area (Å²) in [6.07, 6.45) is 0.402. The van der Waals surface area contributed by atoms with Crippen molar-refractivity contribution in [2.45, 2.75) is 38.8 Å². The Hall–Kier alpha value is -3.15. The number of carbonyl (C=O) groups excluding carboxylic acids is 3. The fourth-order valence-electron chi connectivity index (χ4n) is 3.66. The molecule has 4 amide bonds. The molecule has 2 aromatic rings. The highest BCUT2D eigenvalue weighted by molar-refractivity contribution is 6.10. The van der Waals surface area contributed by atoms with Gasteiger partial charge in [0.15, 0.2) is 0 Å². The van der Waals surface area contributed by atoms with Crippen molar-refractivity contribution in [2.24, 2.45) is 0 Å². The van der Waals surface area contributed by atoms with E-state index < -0.39 is 17.5 Å². The lowest BCUT2D eigenvalue weighted by Gasteiger charge is -2.29. The molecule has 1 heterocycles. The van der Waals surface area contributed by atoms with E-state index in [1.165, 1.54) is 0 Å². The summed E-state index contributed by atoms with van der Waals surface area (Å²) < 4.78 is 0. The van der Waals surface area contributed by atoms with E-state index >= 15 is 0 Å². The van der Waals surface area contributed by atoms with Gasteiger partial charge in [0.05, 0.1) is 0 Å². The summed E-state index contributed by atoms with van der Waals surface area (Å²) in [5.41, 5.74) is 0.322. The van der Waals surface area contributed by atoms with E-state index in [0.29, 0.717) is 6.42 Å². The molecule has 0 spiro atoms. The topological polar surface area (TPSA) is 69.7 Å². The number of benzene rings is 2. The summed E-state index contributed by atoms with van der Waals surface area (Å²) >= 11 is 0. The number of nitrogens with one attached hydrogen (secondary N) is 1. The molecular formula is C22H25N3O3. The summed E-state index contributed by atoms with van der Waals surface area (Å²) in [5, 5.41) is 2.81. The number of para-hydroxylation sites is 1. The quantitative estimate of drug-likeness (QED) is 0.783. The maximum atomic E-state index is 13.2. The van der Waals surface area contributed by atoms with Gasteiger partial charge in [0.2, 0.25) is 5.91 Å². The van der Waals surface area contributed by atoms with Crippen LogP contribution in [0, 0.1) is 0 Å². The molecule has 0 saturated carbocycles. The summed E-state index contributed by atoms with van der Waals surface area (Å²) in [4.78, 5) is 41.5. The molecular weight excluding hydrogens is 354 g/mol. The van der Waals surface area contributed by atoms with Crippen LogP contribution in [0.15, 0.2) is 60.7 Å². The van der Waals surface area contributed by atoms with Crippen molar-refractivity contribution in [1.29, 1.82) is 0 Å². The Morgan fingerprint density at radius 1 is 1.04 bits per heavy atom. The van der Waals surface area contributed by atoms with Crippen LogP contribution in [-0.2, 0) is 15.1 Å². The van der Waals surface area contributed by atoms with Gasteiger partial charge in [-0.05, 0) is 38.0 Å². The molecule has 1 aliphatic rings. The first kappa shape index (κ1) is 19.6. The largest absolute Gasteiger partial charge is 0.325 e. The van der Waals surface area contributed by atoms with Gasteiger partial charge in [0.25, 0.3) is 5.91 Å². The maximum absolute atomic E-state index is 13.2. The first-order valence-corrected chi connectivity index (χ1v) is 9.47. The normalized spacial score (nSPS) is 19.1. The van der Waals surface area contributed by atoms with Crippen LogP contribution in [0.5, 0.6) is 0 Å². The highest BCUT2D eigenvalue weighted by atomic mass is 16.2. The summed E-state index contributed by atoms with van der Waals surface area (Å²) in [5.74, 6) is -0.694. The molecule has 0 radical (unpaired) electrons. The van der Waals surface area contributed by atoms with Crippen molar-refractivity contribution in [3.05, 3.63) is 66.2 Å². The lowest BCUT2D eigenvalue weighted by atomic mass is 9.87. The third-order valence-corrected chi connectivity index (χ3v) is 5.09. The van der Waals surface area contributed by atoms with Crippen molar-refractivity contribution in [2.75, 3.05) is 11.4 Å². The van der Waals surface area contributed by atoms with Crippen LogP contribution in [0.1, 0.15) is 32.8 Å². The minimum atomic E-state index is -1.13. The van der Waals surface area contributed by atoms with Gasteiger partial charge in [-0.15, -0.1) is 0 Å². The number of anilines is 1. The van der Waals surface area contributed by atoms with E-state index in [0.717, 1.165) is 16.2 Å². The molecule has 28 heavy (non-hydrogen) atoms. The van der Waals surface area contributed by atoms with Crippen molar-refractivity contribution in [1.82, 2.24) is 10.2 Å². The van der Waals surface area contributed by atoms with Gasteiger partial charge in [-0.1, -0.05) is 55.5 Å². The molecule has 1 unspecified atom stereocenters. The van der Waals surface area contributed by atoms with Crippen molar-refractivity contribution < 1.29 is 14.4 Å². The van der Waals surface area contributed by atoms with E-state index in [2.05, 4.69) is 5.32 Å². The Labute approximate surface area is 165 Å². The maximum Gasteiger partial charge on any atom is 0.325 e. The second kappa shape index (κ2) is 7.84. The number of hydrogen-bond acceptors (Lipinski definition) is 3. The van der Waals surface area contributed by atoms with Crippen LogP contribution in [0.3, 0.4) is 0 Å². The van der Waals surface area contributed by atoms with Crippen LogP contribution in [-0.4, -0.2) is 35.3 Å². The number of hydrogen-bond donors (Lipinski definition) is 1. The number of carbonyl (C=O) groups is 3. The predicted molar refractivity (Wildman–Crippen MR) is 108 cm³/mol. The molecule has 1 aliphatic heterocycles. The van der Waals surface area contributed by atoms with E-state index in [1.807, 2.05) is 81.4 Å². The Morgan fingerprint density at radius 2 is 1.61 bits per heavy atom. The van der Waals surface area contributed by atoms with Gasteiger partial charge in [-0.3, -0.25) is 14.5 Å². The summed E-state index contributed by atoms with van der Waals surface area (Å²) in [7, 11) is 0. The zero-order chi connectivity index (χ0) is 20.3. The van der Waals surface area contributed by atoms with Gasteiger partial charge in [-0.25, -0.2) is 4.79 Å². The number of nitrogens with zero attached hydrogens (tertiary/aromatic N) is 2. The number of imide groups is 1. The second-order valence-electron chi connectivity index (χ2n) is 7.14. The molecule has 0 aromatic heterocycles. The number of amides is 4. The molecule has 0 bridgehead atoms. The third-order valence-electron chi connectivity index (χ3n) is 5.09. The van der Waals surface area contributed by atoms with Crippen molar-refractivity contribution >= 4 is 23.5 Å². The number of urea groups is 1.